The molecular weight excluding hydrogens is 220 g/mol. The highest BCUT2D eigenvalue weighted by Crippen LogP contribution is 2.15. The number of benzene rings is 1. The third kappa shape index (κ3) is 5.96. The van der Waals surface area contributed by atoms with Crippen molar-refractivity contribution in [1.29, 1.82) is 0 Å². The smallest absolute Gasteiger partial charge is 0.284 e. The molecule has 0 aromatic heterocycles. The van der Waals surface area contributed by atoms with Crippen molar-refractivity contribution in [3.05, 3.63) is 39.9 Å². The fourth-order valence-corrected chi connectivity index (χ4v) is 1.14. The molecule has 0 saturated carbocycles. The number of nitro groups is 1. The first-order valence-corrected chi connectivity index (χ1v) is 5.76. The zero-order chi connectivity index (χ0) is 12.6. The lowest BCUT2D eigenvalue weighted by Crippen LogP contribution is -1.99. The second kappa shape index (κ2) is 7.62. The lowest BCUT2D eigenvalue weighted by atomic mass is 10.2. The third-order valence-electron chi connectivity index (χ3n) is 1.36. The zero-order valence-electron chi connectivity index (χ0n) is 10.0. The van der Waals surface area contributed by atoms with Crippen molar-refractivity contribution >= 4 is 15.9 Å². The molecule has 16 heavy (non-hydrogen) atoms. The molecule has 0 atom stereocenters. The predicted molar refractivity (Wildman–Crippen MR) is 69.5 cm³/mol. The molecule has 86 valence electrons. The second-order valence-electron chi connectivity index (χ2n) is 3.49. The van der Waals surface area contributed by atoms with Crippen LogP contribution in [0.25, 0.3) is 0 Å². The Labute approximate surface area is 98.8 Å². The molecule has 0 spiro atoms. The Balaban J connectivity index is 0.000000487. The van der Waals surface area contributed by atoms with Gasteiger partial charge in [0, 0.05) is 6.07 Å². The minimum absolute atomic E-state index is 0.0841. The van der Waals surface area contributed by atoms with Crippen molar-refractivity contribution in [3.8, 4) is 11.5 Å². The zero-order valence-corrected chi connectivity index (χ0v) is 12.0. The molecular formula is C11H16N2O2Si. The van der Waals surface area contributed by atoms with Gasteiger partial charge in [-0.05, 0) is 27.2 Å². The highest BCUT2D eigenvalue weighted by molar-refractivity contribution is 6.22. The van der Waals surface area contributed by atoms with E-state index < -0.39 is 4.92 Å². The van der Waals surface area contributed by atoms with E-state index in [-0.39, 0.29) is 5.69 Å². The molecule has 0 aliphatic rings. The first-order chi connectivity index (χ1) is 7.49. The minimum atomic E-state index is -0.415. The quantitative estimate of drug-likeness (QED) is 0.308. The van der Waals surface area contributed by atoms with Crippen molar-refractivity contribution in [3.63, 3.8) is 0 Å². The van der Waals surface area contributed by atoms with Crippen LogP contribution in [0.5, 0.6) is 0 Å². The molecule has 0 fully saturated rings. The maximum Gasteiger partial charge on any atom is 0.284 e. The topological polar surface area (TPSA) is 46.4 Å². The van der Waals surface area contributed by atoms with E-state index in [9.17, 15) is 10.1 Å². The van der Waals surface area contributed by atoms with Crippen LogP contribution in [0.15, 0.2) is 24.3 Å². The van der Waals surface area contributed by atoms with Gasteiger partial charge in [-0.15, -0.1) is 5.54 Å². The molecule has 0 heterocycles. The monoisotopic (exact) mass is 236 g/mol. The number of rotatable bonds is 1. The normalized spacial score (nSPS) is 8.75. The van der Waals surface area contributed by atoms with Gasteiger partial charge in [0.2, 0.25) is 0 Å². The number of para-hydroxylation sites is 1. The summed E-state index contributed by atoms with van der Waals surface area (Å²) in [6, 6.07) is 6.49. The van der Waals surface area contributed by atoms with Crippen LogP contribution in [-0.2, 0) is 0 Å². The largest absolute Gasteiger partial charge is 0.312 e. The van der Waals surface area contributed by atoms with E-state index in [4.69, 9.17) is 0 Å². The highest BCUT2D eigenvalue weighted by atomic mass is 28.1. The van der Waals surface area contributed by atoms with Crippen LogP contribution in [0.3, 0.4) is 0 Å². The average Bonchev–Trinajstić information content (AvgIpc) is 2.18. The Morgan fingerprint density at radius 2 is 1.81 bits per heavy atom. The number of hydrogen-bond acceptors (Lipinski definition) is 3. The molecule has 1 aromatic carbocycles. The number of nitrogens with zero attached hydrogens (tertiary/aromatic N) is 2. The van der Waals surface area contributed by atoms with Gasteiger partial charge in [-0.1, -0.05) is 18.1 Å². The van der Waals surface area contributed by atoms with E-state index in [2.05, 4.69) is 11.5 Å². The molecule has 0 aliphatic heterocycles. The first-order valence-electron chi connectivity index (χ1n) is 4.76. The molecule has 0 aliphatic carbocycles. The van der Waals surface area contributed by atoms with E-state index in [1.54, 1.807) is 18.2 Å². The van der Waals surface area contributed by atoms with Crippen LogP contribution in [0.2, 0.25) is 0 Å². The molecule has 0 N–H and O–H groups in total. The minimum Gasteiger partial charge on any atom is -0.312 e. The highest BCUT2D eigenvalue weighted by Gasteiger charge is 2.08. The average molecular weight is 236 g/mol. The molecule has 0 saturated heterocycles. The van der Waals surface area contributed by atoms with Gasteiger partial charge in [0.25, 0.3) is 5.69 Å². The molecule has 0 radical (unpaired) electrons. The van der Waals surface area contributed by atoms with Crippen LogP contribution in [0, 0.1) is 21.6 Å². The van der Waals surface area contributed by atoms with Crippen molar-refractivity contribution < 1.29 is 4.92 Å². The maximum absolute atomic E-state index is 10.4. The van der Waals surface area contributed by atoms with Gasteiger partial charge >= 0.3 is 0 Å². The second-order valence-corrected chi connectivity index (χ2v) is 3.99. The summed E-state index contributed by atoms with van der Waals surface area (Å²) in [7, 11) is 6.73. The van der Waals surface area contributed by atoms with Crippen molar-refractivity contribution in [2.75, 3.05) is 21.1 Å². The molecule has 0 amide bonds. The van der Waals surface area contributed by atoms with E-state index in [1.165, 1.54) is 6.07 Å². The maximum atomic E-state index is 10.4. The predicted octanol–water partition coefficient (Wildman–Crippen LogP) is 0.447. The third-order valence-corrected chi connectivity index (χ3v) is 1.61. The van der Waals surface area contributed by atoms with E-state index in [1.807, 2.05) is 26.0 Å². The Bertz CT molecular complexity index is 405. The summed E-state index contributed by atoms with van der Waals surface area (Å²) in [4.78, 5) is 12.0. The van der Waals surface area contributed by atoms with Crippen molar-refractivity contribution in [2.24, 2.45) is 0 Å². The molecule has 0 bridgehead atoms. The van der Waals surface area contributed by atoms with Crippen LogP contribution in [0.4, 0.5) is 5.69 Å². The Morgan fingerprint density at radius 3 is 2.25 bits per heavy atom. The fraction of sp³-hybridized carbons (Fsp3) is 0.273. The summed E-state index contributed by atoms with van der Waals surface area (Å²) in [5.41, 5.74) is 3.35. The number of nitro benzene ring substituents is 1. The van der Waals surface area contributed by atoms with Crippen molar-refractivity contribution in [2.45, 2.75) is 0 Å². The summed E-state index contributed by atoms with van der Waals surface area (Å²) in [6.45, 7) is 0. The Kier molecular flexibility index (Phi) is 6.84. The van der Waals surface area contributed by atoms with Gasteiger partial charge in [-0.2, -0.15) is 0 Å². The standard InChI is InChI=1S/C8H7NO2Si.C3H9N/c10-9(11)8-4-2-1-3-7(8)5-6-12;1-4(2)3/h1-4H,12H3;1-3H3. The van der Waals surface area contributed by atoms with Gasteiger partial charge in [-0.3, -0.25) is 10.1 Å². The van der Waals surface area contributed by atoms with Crippen LogP contribution in [-0.4, -0.2) is 41.2 Å². The Hall–Kier alpha value is -1.64. The molecule has 0 unspecified atom stereocenters. The summed E-state index contributed by atoms with van der Waals surface area (Å²) in [5.74, 6) is 2.73. The van der Waals surface area contributed by atoms with Gasteiger partial charge in [0.15, 0.2) is 0 Å². The van der Waals surface area contributed by atoms with Gasteiger partial charge < -0.3 is 4.90 Å². The molecule has 1 rings (SSSR count). The van der Waals surface area contributed by atoms with E-state index >= 15 is 0 Å². The van der Waals surface area contributed by atoms with Crippen LogP contribution < -0.4 is 0 Å². The number of hydrogen-bond donors (Lipinski definition) is 0. The van der Waals surface area contributed by atoms with E-state index in [0.29, 0.717) is 5.56 Å². The van der Waals surface area contributed by atoms with Gasteiger partial charge in [0.05, 0.1) is 15.2 Å². The van der Waals surface area contributed by atoms with Crippen LogP contribution in [0.1, 0.15) is 5.56 Å². The van der Waals surface area contributed by atoms with Gasteiger partial charge in [-0.25, -0.2) is 0 Å². The fourth-order valence-electron chi connectivity index (χ4n) is 0.873. The summed E-state index contributed by atoms with van der Waals surface area (Å²) in [5, 5.41) is 10.4. The van der Waals surface area contributed by atoms with E-state index in [0.717, 1.165) is 10.2 Å². The summed E-state index contributed by atoms with van der Waals surface area (Å²) < 4.78 is 0. The lowest BCUT2D eigenvalue weighted by Gasteiger charge is -1.92. The lowest BCUT2D eigenvalue weighted by molar-refractivity contribution is -0.385. The summed E-state index contributed by atoms with van der Waals surface area (Å²) in [6.07, 6.45) is 0. The summed E-state index contributed by atoms with van der Waals surface area (Å²) >= 11 is 0. The molecule has 5 heteroatoms. The Morgan fingerprint density at radius 1 is 1.31 bits per heavy atom. The first kappa shape index (κ1) is 14.4. The molecule has 4 nitrogen and oxygen atoms in total. The molecule has 1 aromatic rings. The van der Waals surface area contributed by atoms with Gasteiger partial charge in [0.1, 0.15) is 5.56 Å². The van der Waals surface area contributed by atoms with Crippen LogP contribution >= 0.6 is 0 Å². The SMILES string of the molecule is CN(C)C.O=[N+]([O-])c1ccccc1C#C[SiH3]. The van der Waals surface area contributed by atoms with Crippen molar-refractivity contribution in [1.82, 2.24) is 4.90 Å².